The van der Waals surface area contributed by atoms with Crippen molar-refractivity contribution in [2.75, 3.05) is 75.7 Å². The van der Waals surface area contributed by atoms with E-state index in [2.05, 4.69) is 34.2 Å². The normalized spacial score (nSPS) is 18.7. The van der Waals surface area contributed by atoms with Gasteiger partial charge >= 0.3 is 0 Å². The molecule has 0 atom stereocenters. The summed E-state index contributed by atoms with van der Waals surface area (Å²) in [5, 5.41) is 4.23. The van der Waals surface area contributed by atoms with Gasteiger partial charge in [-0.25, -0.2) is 8.42 Å². The highest BCUT2D eigenvalue weighted by Crippen LogP contribution is 2.20. The van der Waals surface area contributed by atoms with Gasteiger partial charge in [0.1, 0.15) is 0 Å². The van der Waals surface area contributed by atoms with Gasteiger partial charge in [0.2, 0.25) is 15.9 Å². The molecule has 0 unspecified atom stereocenters. The summed E-state index contributed by atoms with van der Waals surface area (Å²) < 4.78 is 26.7. The van der Waals surface area contributed by atoms with E-state index in [1.54, 1.807) is 6.08 Å². The molecule has 0 bridgehead atoms. The Balaban J connectivity index is 1.21. The van der Waals surface area contributed by atoms with E-state index in [1.807, 2.05) is 47.4 Å². The van der Waals surface area contributed by atoms with Crippen LogP contribution in [0.2, 0.25) is 0 Å². The summed E-state index contributed by atoms with van der Waals surface area (Å²) in [6, 6.07) is 17.4. The van der Waals surface area contributed by atoms with Crippen LogP contribution in [0.25, 0.3) is 6.08 Å². The zero-order valence-corrected chi connectivity index (χ0v) is 21.2. The average molecular weight is 498 g/mol. The molecule has 1 N–H and O–H groups in total. The third-order valence-corrected chi connectivity index (χ3v) is 8.19. The zero-order valence-electron chi connectivity index (χ0n) is 20.3. The van der Waals surface area contributed by atoms with Gasteiger partial charge in [-0.05, 0) is 42.4 Å². The molecular weight excluding hydrogens is 462 g/mol. The molecular formula is C26H35N5O3S. The molecule has 8 nitrogen and oxygen atoms in total. The molecule has 188 valence electrons. The van der Waals surface area contributed by atoms with Crippen LogP contribution in [0.3, 0.4) is 0 Å². The van der Waals surface area contributed by atoms with Crippen LogP contribution in [-0.2, 0) is 14.8 Å². The highest BCUT2D eigenvalue weighted by atomic mass is 32.2. The zero-order chi connectivity index (χ0) is 24.7. The molecule has 0 aromatic heterocycles. The van der Waals surface area contributed by atoms with E-state index in [-0.39, 0.29) is 12.5 Å². The van der Waals surface area contributed by atoms with Crippen LogP contribution in [0, 0.1) is 0 Å². The minimum atomic E-state index is -3.48. The molecule has 2 saturated heterocycles. The summed E-state index contributed by atoms with van der Waals surface area (Å²) in [4.78, 5) is 19.4. The van der Waals surface area contributed by atoms with Crippen molar-refractivity contribution in [1.82, 2.24) is 14.1 Å². The quantitative estimate of drug-likeness (QED) is 0.604. The molecule has 0 aliphatic carbocycles. The number of hydrogen-bond acceptors (Lipinski definition) is 6. The van der Waals surface area contributed by atoms with Crippen molar-refractivity contribution >= 4 is 33.4 Å². The number of nitrogens with zero attached hydrogens (tertiary/aromatic N) is 4. The van der Waals surface area contributed by atoms with Gasteiger partial charge in [-0.2, -0.15) is 4.31 Å². The van der Waals surface area contributed by atoms with Crippen molar-refractivity contribution in [3.8, 4) is 0 Å². The van der Waals surface area contributed by atoms with Gasteiger partial charge in [0.25, 0.3) is 0 Å². The van der Waals surface area contributed by atoms with Gasteiger partial charge in [0.05, 0.1) is 6.54 Å². The summed E-state index contributed by atoms with van der Waals surface area (Å²) in [6.45, 7) is 9.50. The molecule has 2 fully saturated rings. The Morgan fingerprint density at radius 3 is 2.11 bits per heavy atom. The Kier molecular flexibility index (Phi) is 8.56. The maximum absolute atomic E-state index is 12.6. The predicted molar refractivity (Wildman–Crippen MR) is 142 cm³/mol. The average Bonchev–Trinajstić information content (AvgIpc) is 2.89. The van der Waals surface area contributed by atoms with Crippen LogP contribution in [0.5, 0.6) is 0 Å². The molecule has 35 heavy (non-hydrogen) atoms. The summed E-state index contributed by atoms with van der Waals surface area (Å²) in [5.41, 5.74) is 2.80. The number of carbonyl (C=O) groups excluding carboxylic acids is 1. The van der Waals surface area contributed by atoms with Crippen LogP contribution < -0.4 is 10.2 Å². The monoisotopic (exact) mass is 497 g/mol. The topological polar surface area (TPSA) is 76.2 Å². The van der Waals surface area contributed by atoms with Gasteiger partial charge in [0.15, 0.2) is 0 Å². The first-order valence-corrected chi connectivity index (χ1v) is 13.8. The Hall–Kier alpha value is -2.72. The maximum Gasteiger partial charge on any atom is 0.238 e. The highest BCUT2D eigenvalue weighted by Gasteiger charge is 2.26. The van der Waals surface area contributed by atoms with E-state index >= 15 is 0 Å². The fourth-order valence-corrected chi connectivity index (χ4v) is 5.61. The third kappa shape index (κ3) is 7.14. The van der Waals surface area contributed by atoms with Crippen molar-refractivity contribution < 1.29 is 13.2 Å². The molecule has 0 spiro atoms. The number of hydrogen-bond donors (Lipinski definition) is 1. The second kappa shape index (κ2) is 11.8. The van der Waals surface area contributed by atoms with E-state index in [9.17, 15) is 13.2 Å². The van der Waals surface area contributed by atoms with Crippen molar-refractivity contribution in [1.29, 1.82) is 0 Å². The Bertz CT molecular complexity index is 1090. The van der Waals surface area contributed by atoms with E-state index in [1.165, 1.54) is 15.4 Å². The Morgan fingerprint density at radius 2 is 1.49 bits per heavy atom. The lowest BCUT2D eigenvalue weighted by molar-refractivity contribution is -0.117. The molecule has 4 rings (SSSR count). The molecule has 1 amide bonds. The number of nitrogens with one attached hydrogen (secondary N) is 1. The number of carbonyl (C=O) groups is 1. The first-order chi connectivity index (χ1) is 16.9. The van der Waals surface area contributed by atoms with Gasteiger partial charge in [0, 0.05) is 69.1 Å². The molecule has 0 radical (unpaired) electrons. The van der Waals surface area contributed by atoms with Crippen molar-refractivity contribution in [3.63, 3.8) is 0 Å². The number of likely N-dealkylation sites (N-methyl/N-ethyl adjacent to an activating group) is 1. The molecule has 2 aliphatic heterocycles. The van der Waals surface area contributed by atoms with Crippen molar-refractivity contribution in [3.05, 3.63) is 65.6 Å². The van der Waals surface area contributed by atoms with E-state index in [4.69, 9.17) is 0 Å². The fourth-order valence-electron chi connectivity index (χ4n) is 4.44. The SMILES string of the molecule is CCN1CCN(c2ccc(NC(=O)CN3CCN(S(=O)(=O)C=Cc4ccccc4)CC3)cc2)CC1. The minimum absolute atomic E-state index is 0.0883. The number of amides is 1. The summed E-state index contributed by atoms with van der Waals surface area (Å²) >= 11 is 0. The molecule has 0 saturated carbocycles. The number of anilines is 2. The van der Waals surface area contributed by atoms with E-state index in [0.717, 1.165) is 44.0 Å². The number of sulfonamides is 1. The van der Waals surface area contributed by atoms with Gasteiger partial charge < -0.3 is 15.1 Å². The van der Waals surface area contributed by atoms with E-state index < -0.39 is 10.0 Å². The minimum Gasteiger partial charge on any atom is -0.369 e. The molecule has 2 aliphatic rings. The number of rotatable bonds is 8. The van der Waals surface area contributed by atoms with Crippen molar-refractivity contribution in [2.45, 2.75) is 6.92 Å². The second-order valence-electron chi connectivity index (χ2n) is 8.95. The largest absolute Gasteiger partial charge is 0.369 e. The van der Waals surface area contributed by atoms with Crippen LogP contribution in [0.4, 0.5) is 11.4 Å². The van der Waals surface area contributed by atoms with Crippen molar-refractivity contribution in [2.24, 2.45) is 0 Å². The molecule has 2 aromatic rings. The van der Waals surface area contributed by atoms with Crippen LogP contribution in [0.15, 0.2) is 60.0 Å². The Morgan fingerprint density at radius 1 is 0.857 bits per heavy atom. The summed E-state index contributed by atoms with van der Waals surface area (Å²) in [7, 11) is -3.48. The van der Waals surface area contributed by atoms with Gasteiger partial charge in [-0.15, -0.1) is 0 Å². The number of benzene rings is 2. The smallest absolute Gasteiger partial charge is 0.238 e. The standard InChI is InChI=1S/C26H35N5O3S/c1-2-28-13-17-30(18-14-28)25-10-8-24(9-11-25)27-26(32)22-29-15-19-31(20-16-29)35(33,34)21-12-23-6-4-3-5-7-23/h3-12,21H,2,13-20,22H2,1H3,(H,27,32). The molecule has 9 heteroatoms. The first-order valence-electron chi connectivity index (χ1n) is 12.3. The second-order valence-corrected chi connectivity index (χ2v) is 10.8. The molecule has 2 aromatic carbocycles. The summed E-state index contributed by atoms with van der Waals surface area (Å²) in [5.74, 6) is -0.0883. The predicted octanol–water partition coefficient (Wildman–Crippen LogP) is 2.39. The van der Waals surface area contributed by atoms with Crippen LogP contribution in [0.1, 0.15) is 12.5 Å². The Labute approximate surface area is 208 Å². The fraction of sp³-hybridized carbons (Fsp3) is 0.423. The number of piperazine rings is 2. The lowest BCUT2D eigenvalue weighted by Crippen LogP contribution is -2.49. The summed E-state index contributed by atoms with van der Waals surface area (Å²) in [6.07, 6.45) is 1.62. The first kappa shape index (κ1) is 25.4. The molecule has 2 heterocycles. The van der Waals surface area contributed by atoms with Gasteiger partial charge in [-0.1, -0.05) is 37.3 Å². The lowest BCUT2D eigenvalue weighted by atomic mass is 10.2. The van der Waals surface area contributed by atoms with E-state index in [0.29, 0.717) is 26.2 Å². The maximum atomic E-state index is 12.6. The third-order valence-electron chi connectivity index (χ3n) is 6.63. The lowest BCUT2D eigenvalue weighted by Gasteiger charge is -2.35. The van der Waals surface area contributed by atoms with Crippen LogP contribution >= 0.6 is 0 Å². The van der Waals surface area contributed by atoms with Gasteiger partial charge in [-0.3, -0.25) is 9.69 Å². The highest BCUT2D eigenvalue weighted by molar-refractivity contribution is 7.92. The van der Waals surface area contributed by atoms with Crippen LogP contribution in [-0.4, -0.2) is 93.9 Å².